The summed E-state index contributed by atoms with van der Waals surface area (Å²) in [5.74, 6) is 0.780. The molecule has 0 aliphatic heterocycles. The van der Waals surface area contributed by atoms with Gasteiger partial charge in [-0.2, -0.15) is 5.10 Å². The molecule has 0 amide bonds. The lowest BCUT2D eigenvalue weighted by Crippen LogP contribution is -2.02. The van der Waals surface area contributed by atoms with Gasteiger partial charge in [0.05, 0.1) is 5.69 Å². The summed E-state index contributed by atoms with van der Waals surface area (Å²) >= 11 is 0. The Balaban J connectivity index is 1.97. The lowest BCUT2D eigenvalue weighted by atomic mass is 10.2. The van der Waals surface area contributed by atoms with Crippen LogP contribution in [0.25, 0.3) is 0 Å². The topological polar surface area (TPSA) is 63.8 Å². The van der Waals surface area contributed by atoms with Gasteiger partial charge in [-0.1, -0.05) is 12.1 Å². The molecule has 2 rings (SSSR count). The zero-order chi connectivity index (χ0) is 11.4. The molecule has 0 unspecified atom stereocenters. The maximum atomic E-state index is 5.61. The molecular weight excluding hydrogens is 200 g/mol. The molecule has 0 aliphatic carbocycles. The fraction of sp³-hybridized carbons (Fsp3) is 0.167. The third-order valence-electron chi connectivity index (χ3n) is 2.25. The number of anilines is 2. The Morgan fingerprint density at radius 2 is 1.81 bits per heavy atom. The summed E-state index contributed by atoms with van der Waals surface area (Å²) in [6.45, 7) is 2.63. The second-order valence-corrected chi connectivity index (χ2v) is 3.66. The molecule has 0 atom stereocenters. The van der Waals surface area contributed by atoms with Crippen molar-refractivity contribution in [3.63, 3.8) is 0 Å². The van der Waals surface area contributed by atoms with Crippen LogP contribution < -0.4 is 11.1 Å². The molecule has 0 aliphatic rings. The smallest absolute Gasteiger partial charge is 0.148 e. The fourth-order valence-electron chi connectivity index (χ4n) is 1.32. The monoisotopic (exact) mass is 214 g/mol. The molecule has 0 saturated carbocycles. The minimum atomic E-state index is 0.720. The van der Waals surface area contributed by atoms with Crippen molar-refractivity contribution in [2.24, 2.45) is 0 Å². The average molecular weight is 214 g/mol. The van der Waals surface area contributed by atoms with E-state index in [1.807, 2.05) is 43.3 Å². The van der Waals surface area contributed by atoms with Crippen LogP contribution in [0.3, 0.4) is 0 Å². The molecule has 1 aromatic carbocycles. The zero-order valence-electron chi connectivity index (χ0n) is 9.14. The van der Waals surface area contributed by atoms with Crippen LogP contribution in [0.5, 0.6) is 0 Å². The molecule has 0 fully saturated rings. The highest BCUT2D eigenvalue weighted by atomic mass is 15.2. The number of rotatable bonds is 3. The summed E-state index contributed by atoms with van der Waals surface area (Å²) < 4.78 is 0. The second-order valence-electron chi connectivity index (χ2n) is 3.66. The molecule has 0 radical (unpaired) electrons. The summed E-state index contributed by atoms with van der Waals surface area (Å²) in [5.41, 5.74) is 8.46. The highest BCUT2D eigenvalue weighted by Gasteiger charge is 1.95. The van der Waals surface area contributed by atoms with Crippen molar-refractivity contribution in [3.05, 3.63) is 47.7 Å². The lowest BCUT2D eigenvalue weighted by molar-refractivity contribution is 0.963. The van der Waals surface area contributed by atoms with Crippen LogP contribution in [0, 0.1) is 6.92 Å². The molecule has 3 N–H and O–H groups in total. The SMILES string of the molecule is Cc1ccc(NCc2ccc(N)cc2)nn1. The summed E-state index contributed by atoms with van der Waals surface area (Å²) in [5, 5.41) is 11.2. The Morgan fingerprint density at radius 3 is 2.44 bits per heavy atom. The van der Waals surface area contributed by atoms with Crippen LogP contribution in [0.4, 0.5) is 11.5 Å². The molecular formula is C12H14N4. The number of nitrogens with one attached hydrogen (secondary N) is 1. The van der Waals surface area contributed by atoms with Crippen LogP contribution in [0.1, 0.15) is 11.3 Å². The molecule has 4 nitrogen and oxygen atoms in total. The Hall–Kier alpha value is -2.10. The van der Waals surface area contributed by atoms with Gasteiger partial charge in [-0.3, -0.25) is 0 Å². The fourth-order valence-corrected chi connectivity index (χ4v) is 1.32. The van der Waals surface area contributed by atoms with Crippen LogP contribution >= 0.6 is 0 Å². The largest absolute Gasteiger partial charge is 0.399 e. The highest BCUT2D eigenvalue weighted by Crippen LogP contribution is 2.08. The van der Waals surface area contributed by atoms with Crippen LogP contribution in [-0.2, 0) is 6.54 Å². The van der Waals surface area contributed by atoms with Crippen molar-refractivity contribution in [2.45, 2.75) is 13.5 Å². The van der Waals surface area contributed by atoms with Crippen LogP contribution in [0.2, 0.25) is 0 Å². The summed E-state index contributed by atoms with van der Waals surface area (Å²) in [6.07, 6.45) is 0. The van der Waals surface area contributed by atoms with Crippen molar-refractivity contribution in [1.82, 2.24) is 10.2 Å². The number of nitrogens with zero attached hydrogens (tertiary/aromatic N) is 2. The first-order valence-corrected chi connectivity index (χ1v) is 5.13. The predicted octanol–water partition coefficient (Wildman–Crippen LogP) is 1.98. The number of benzene rings is 1. The minimum absolute atomic E-state index is 0.720. The predicted molar refractivity (Wildman–Crippen MR) is 65.0 cm³/mol. The molecule has 0 bridgehead atoms. The van der Waals surface area contributed by atoms with E-state index < -0.39 is 0 Å². The van der Waals surface area contributed by atoms with E-state index in [0.29, 0.717) is 0 Å². The van der Waals surface area contributed by atoms with Gasteiger partial charge in [0.1, 0.15) is 5.82 Å². The number of hydrogen-bond acceptors (Lipinski definition) is 4. The Kier molecular flexibility index (Phi) is 3.00. The van der Waals surface area contributed by atoms with E-state index in [1.54, 1.807) is 0 Å². The lowest BCUT2D eigenvalue weighted by Gasteiger charge is -2.05. The number of aryl methyl sites for hydroxylation is 1. The Labute approximate surface area is 94.5 Å². The van der Waals surface area contributed by atoms with E-state index in [-0.39, 0.29) is 0 Å². The summed E-state index contributed by atoms with van der Waals surface area (Å²) in [6, 6.07) is 11.6. The van der Waals surface area contributed by atoms with E-state index in [1.165, 1.54) is 0 Å². The van der Waals surface area contributed by atoms with E-state index in [9.17, 15) is 0 Å². The summed E-state index contributed by atoms with van der Waals surface area (Å²) in [7, 11) is 0. The third kappa shape index (κ3) is 2.70. The van der Waals surface area contributed by atoms with Gasteiger partial charge in [0.25, 0.3) is 0 Å². The van der Waals surface area contributed by atoms with E-state index in [0.717, 1.165) is 29.3 Å². The standard InChI is InChI=1S/C12H14N4/c1-9-2-7-12(16-15-9)14-8-10-3-5-11(13)6-4-10/h2-7H,8,13H2,1H3,(H,14,16). The zero-order valence-corrected chi connectivity index (χ0v) is 9.14. The van der Waals surface area contributed by atoms with Gasteiger partial charge in [-0.05, 0) is 36.8 Å². The first kappa shape index (κ1) is 10.4. The Bertz CT molecular complexity index is 402. The quantitative estimate of drug-likeness (QED) is 0.767. The molecule has 1 aromatic heterocycles. The van der Waals surface area contributed by atoms with Gasteiger partial charge < -0.3 is 11.1 Å². The average Bonchev–Trinajstić information content (AvgIpc) is 2.30. The van der Waals surface area contributed by atoms with Crippen molar-refractivity contribution in [1.29, 1.82) is 0 Å². The first-order valence-electron chi connectivity index (χ1n) is 5.13. The van der Waals surface area contributed by atoms with Gasteiger partial charge in [0, 0.05) is 12.2 Å². The molecule has 82 valence electrons. The number of aromatic nitrogens is 2. The van der Waals surface area contributed by atoms with Crippen LogP contribution in [0.15, 0.2) is 36.4 Å². The molecule has 2 aromatic rings. The molecule has 0 spiro atoms. The second kappa shape index (κ2) is 4.61. The highest BCUT2D eigenvalue weighted by molar-refractivity contribution is 5.41. The van der Waals surface area contributed by atoms with E-state index in [4.69, 9.17) is 5.73 Å². The van der Waals surface area contributed by atoms with Crippen molar-refractivity contribution in [2.75, 3.05) is 11.1 Å². The van der Waals surface area contributed by atoms with E-state index in [2.05, 4.69) is 15.5 Å². The molecule has 16 heavy (non-hydrogen) atoms. The van der Waals surface area contributed by atoms with Gasteiger partial charge >= 0.3 is 0 Å². The normalized spacial score (nSPS) is 10.1. The Morgan fingerprint density at radius 1 is 1.06 bits per heavy atom. The molecule has 1 heterocycles. The van der Waals surface area contributed by atoms with E-state index >= 15 is 0 Å². The number of hydrogen-bond donors (Lipinski definition) is 2. The van der Waals surface area contributed by atoms with Crippen molar-refractivity contribution >= 4 is 11.5 Å². The number of nitrogen functional groups attached to an aromatic ring is 1. The maximum absolute atomic E-state index is 5.61. The van der Waals surface area contributed by atoms with Crippen molar-refractivity contribution < 1.29 is 0 Å². The molecule has 4 heteroatoms. The minimum Gasteiger partial charge on any atom is -0.399 e. The molecule has 0 saturated heterocycles. The van der Waals surface area contributed by atoms with Gasteiger partial charge in [-0.25, -0.2) is 0 Å². The van der Waals surface area contributed by atoms with Crippen molar-refractivity contribution in [3.8, 4) is 0 Å². The first-order chi connectivity index (χ1) is 7.74. The maximum Gasteiger partial charge on any atom is 0.148 e. The third-order valence-corrected chi connectivity index (χ3v) is 2.25. The van der Waals surface area contributed by atoms with Crippen LogP contribution in [-0.4, -0.2) is 10.2 Å². The summed E-state index contributed by atoms with van der Waals surface area (Å²) in [4.78, 5) is 0. The number of nitrogens with two attached hydrogens (primary N) is 1. The van der Waals surface area contributed by atoms with Gasteiger partial charge in [0.15, 0.2) is 0 Å². The van der Waals surface area contributed by atoms with Gasteiger partial charge in [-0.15, -0.1) is 5.10 Å². The van der Waals surface area contributed by atoms with Gasteiger partial charge in [0.2, 0.25) is 0 Å².